The molecule has 0 saturated carbocycles. The highest BCUT2D eigenvalue weighted by Gasteiger charge is 2.24. The van der Waals surface area contributed by atoms with Gasteiger partial charge < -0.3 is 10.1 Å². The second kappa shape index (κ2) is 8.01. The Morgan fingerprint density at radius 2 is 2.00 bits per heavy atom. The molecule has 0 aromatic heterocycles. The number of benzene rings is 2. The molecule has 144 valence electrons. The number of carbonyl (C=O) groups excluding carboxylic acids is 2. The van der Waals surface area contributed by atoms with Gasteiger partial charge in [-0.1, -0.05) is 36.4 Å². The molecule has 0 saturated heterocycles. The van der Waals surface area contributed by atoms with Gasteiger partial charge in [0.25, 0.3) is 0 Å². The van der Waals surface area contributed by atoms with Gasteiger partial charge in [-0.2, -0.15) is 0 Å². The number of rotatable bonds is 5. The second-order valence-electron chi connectivity index (χ2n) is 7.55. The summed E-state index contributed by atoms with van der Waals surface area (Å²) >= 11 is 0. The summed E-state index contributed by atoms with van der Waals surface area (Å²) in [5.41, 5.74) is 4.71. The number of ketones is 1. The Labute approximate surface area is 165 Å². The van der Waals surface area contributed by atoms with E-state index in [4.69, 9.17) is 4.74 Å². The molecular weight excluding hydrogens is 350 g/mol. The maximum absolute atomic E-state index is 12.3. The molecule has 4 heteroatoms. The molecule has 0 unspecified atom stereocenters. The number of hydrogen-bond donors (Lipinski definition) is 1. The van der Waals surface area contributed by atoms with Gasteiger partial charge in [-0.05, 0) is 61.4 Å². The molecule has 2 aromatic carbocycles. The fourth-order valence-electron chi connectivity index (χ4n) is 4.01. The molecule has 4 rings (SSSR count). The summed E-state index contributed by atoms with van der Waals surface area (Å²) in [6, 6.07) is 13.7. The van der Waals surface area contributed by atoms with Crippen molar-refractivity contribution < 1.29 is 14.3 Å². The summed E-state index contributed by atoms with van der Waals surface area (Å²) in [5.74, 6) is 0.959. The van der Waals surface area contributed by atoms with Crippen LogP contribution in [-0.2, 0) is 11.2 Å². The summed E-state index contributed by atoms with van der Waals surface area (Å²) in [7, 11) is 0. The molecule has 1 aliphatic carbocycles. The number of carbonyl (C=O) groups is 2. The van der Waals surface area contributed by atoms with Crippen LogP contribution in [0.3, 0.4) is 0 Å². The van der Waals surface area contributed by atoms with Gasteiger partial charge in [0.05, 0.1) is 6.54 Å². The lowest BCUT2D eigenvalue weighted by Gasteiger charge is -2.15. The molecular formula is C24H25NO3. The van der Waals surface area contributed by atoms with Crippen molar-refractivity contribution in [1.29, 1.82) is 0 Å². The summed E-state index contributed by atoms with van der Waals surface area (Å²) in [6.07, 6.45) is 6.89. The first-order valence-corrected chi connectivity index (χ1v) is 9.99. The lowest BCUT2D eigenvalue weighted by atomic mass is 9.95. The van der Waals surface area contributed by atoms with Crippen molar-refractivity contribution in [3.8, 4) is 16.9 Å². The van der Waals surface area contributed by atoms with Crippen LogP contribution in [0, 0.1) is 0 Å². The fourth-order valence-corrected chi connectivity index (χ4v) is 4.01. The molecule has 1 atom stereocenters. The maximum Gasteiger partial charge on any atom is 0.247 e. The summed E-state index contributed by atoms with van der Waals surface area (Å²) in [5, 5.41) is 3.02. The Kier molecular flexibility index (Phi) is 5.29. The van der Waals surface area contributed by atoms with Crippen LogP contribution in [0.5, 0.6) is 5.75 Å². The standard InChI is InChI=1S/C24H25NO3/c1-16(26)21-9-5-6-10-22(21)18-11-12-23-19(13-18)14-20(28-23)15-25-24(27)17-7-3-2-4-8-17/h5-7,9-13,20H,2-4,8,14-15H2,1H3,(H,25,27)/t20-/m0/s1. The van der Waals surface area contributed by atoms with Crippen LogP contribution in [0.25, 0.3) is 11.1 Å². The van der Waals surface area contributed by atoms with Gasteiger partial charge in [-0.15, -0.1) is 0 Å². The highest BCUT2D eigenvalue weighted by molar-refractivity contribution is 6.00. The third kappa shape index (κ3) is 3.86. The lowest BCUT2D eigenvalue weighted by Crippen LogP contribution is -2.35. The Morgan fingerprint density at radius 3 is 2.79 bits per heavy atom. The quantitative estimate of drug-likeness (QED) is 0.784. The minimum atomic E-state index is -0.0542. The van der Waals surface area contributed by atoms with Crippen molar-refractivity contribution in [3.05, 3.63) is 65.2 Å². The first kappa shape index (κ1) is 18.5. The van der Waals surface area contributed by atoms with Crippen molar-refractivity contribution in [2.45, 2.75) is 45.1 Å². The van der Waals surface area contributed by atoms with E-state index in [0.29, 0.717) is 6.54 Å². The Morgan fingerprint density at radius 1 is 1.14 bits per heavy atom. The van der Waals surface area contributed by atoms with Crippen molar-refractivity contribution in [2.75, 3.05) is 6.54 Å². The number of fused-ring (bicyclic) bond motifs is 1. The normalized spacial score (nSPS) is 18.0. The van der Waals surface area contributed by atoms with Gasteiger partial charge in [0.15, 0.2) is 5.78 Å². The van der Waals surface area contributed by atoms with E-state index in [2.05, 4.69) is 17.5 Å². The first-order valence-electron chi connectivity index (χ1n) is 9.99. The molecule has 4 nitrogen and oxygen atoms in total. The van der Waals surface area contributed by atoms with Crippen molar-refractivity contribution in [3.63, 3.8) is 0 Å². The van der Waals surface area contributed by atoms with Crippen LogP contribution >= 0.6 is 0 Å². The minimum absolute atomic E-state index is 0.0373. The van der Waals surface area contributed by atoms with Crippen molar-refractivity contribution >= 4 is 11.7 Å². The van der Waals surface area contributed by atoms with Crippen LogP contribution in [0.2, 0.25) is 0 Å². The van der Waals surface area contributed by atoms with Gasteiger partial charge >= 0.3 is 0 Å². The van der Waals surface area contributed by atoms with Gasteiger partial charge in [0.2, 0.25) is 5.91 Å². The number of allylic oxidation sites excluding steroid dienone is 1. The minimum Gasteiger partial charge on any atom is -0.488 e. The van der Waals surface area contributed by atoms with Crippen LogP contribution < -0.4 is 10.1 Å². The smallest absolute Gasteiger partial charge is 0.247 e. The number of ether oxygens (including phenoxy) is 1. The number of amides is 1. The Bertz CT molecular complexity index is 945. The topological polar surface area (TPSA) is 55.4 Å². The molecule has 2 aromatic rings. The largest absolute Gasteiger partial charge is 0.488 e. The molecule has 0 spiro atoms. The molecule has 2 aliphatic rings. The zero-order chi connectivity index (χ0) is 19.5. The monoisotopic (exact) mass is 375 g/mol. The third-order valence-corrected chi connectivity index (χ3v) is 5.49. The fraction of sp³-hybridized carbons (Fsp3) is 0.333. The first-order chi connectivity index (χ1) is 13.6. The molecule has 0 bridgehead atoms. The molecule has 1 amide bonds. The third-order valence-electron chi connectivity index (χ3n) is 5.49. The maximum atomic E-state index is 12.3. The molecule has 0 radical (unpaired) electrons. The molecule has 0 fully saturated rings. The van der Waals surface area contributed by atoms with Crippen LogP contribution in [0.15, 0.2) is 54.1 Å². The van der Waals surface area contributed by atoms with Gasteiger partial charge in [-0.25, -0.2) is 0 Å². The number of nitrogens with one attached hydrogen (secondary N) is 1. The van der Waals surface area contributed by atoms with E-state index in [1.54, 1.807) is 6.92 Å². The Balaban J connectivity index is 1.44. The summed E-state index contributed by atoms with van der Waals surface area (Å²) < 4.78 is 6.01. The predicted molar refractivity (Wildman–Crippen MR) is 110 cm³/mol. The molecule has 1 aliphatic heterocycles. The molecule has 28 heavy (non-hydrogen) atoms. The van der Waals surface area contributed by atoms with Crippen LogP contribution in [0.4, 0.5) is 0 Å². The molecule has 1 heterocycles. The highest BCUT2D eigenvalue weighted by Crippen LogP contribution is 2.34. The van der Waals surface area contributed by atoms with E-state index in [-0.39, 0.29) is 17.8 Å². The highest BCUT2D eigenvalue weighted by atomic mass is 16.5. The second-order valence-corrected chi connectivity index (χ2v) is 7.55. The van der Waals surface area contributed by atoms with Crippen LogP contribution in [0.1, 0.15) is 48.5 Å². The predicted octanol–water partition coefficient (Wildman–Crippen LogP) is 4.48. The average molecular weight is 375 g/mol. The van der Waals surface area contributed by atoms with E-state index in [0.717, 1.165) is 59.3 Å². The summed E-state index contributed by atoms with van der Waals surface area (Å²) in [4.78, 5) is 24.2. The van der Waals surface area contributed by atoms with Gasteiger partial charge in [0, 0.05) is 17.6 Å². The van der Waals surface area contributed by atoms with E-state index < -0.39 is 0 Å². The lowest BCUT2D eigenvalue weighted by molar-refractivity contribution is -0.118. The zero-order valence-corrected chi connectivity index (χ0v) is 16.2. The SMILES string of the molecule is CC(=O)c1ccccc1-c1ccc2c(c1)C[C@@H](CNC(=O)C1=CCCCC1)O2. The van der Waals surface area contributed by atoms with Crippen LogP contribution in [-0.4, -0.2) is 24.3 Å². The summed E-state index contributed by atoms with van der Waals surface area (Å²) in [6.45, 7) is 2.10. The van der Waals surface area contributed by atoms with Gasteiger partial charge in [0.1, 0.15) is 11.9 Å². The van der Waals surface area contributed by atoms with Gasteiger partial charge in [-0.3, -0.25) is 9.59 Å². The average Bonchev–Trinajstić information content (AvgIpc) is 3.14. The Hall–Kier alpha value is -2.88. The van der Waals surface area contributed by atoms with E-state index in [1.165, 1.54) is 6.42 Å². The van der Waals surface area contributed by atoms with Crippen molar-refractivity contribution in [1.82, 2.24) is 5.32 Å². The van der Waals surface area contributed by atoms with Crippen molar-refractivity contribution in [2.24, 2.45) is 0 Å². The van der Waals surface area contributed by atoms with E-state index in [1.807, 2.05) is 36.4 Å². The number of hydrogen-bond acceptors (Lipinski definition) is 3. The zero-order valence-electron chi connectivity index (χ0n) is 16.2. The molecule has 1 N–H and O–H groups in total. The van der Waals surface area contributed by atoms with E-state index in [9.17, 15) is 9.59 Å². The number of Topliss-reactive ketones (excluding diaryl/α,β-unsaturated/α-hetero) is 1. The van der Waals surface area contributed by atoms with E-state index >= 15 is 0 Å².